The Morgan fingerprint density at radius 2 is 1.75 bits per heavy atom. The molecule has 1 heterocycles. The first kappa shape index (κ1) is 15.9. The van der Waals surface area contributed by atoms with Crippen LogP contribution in [0.4, 0.5) is 0 Å². The van der Waals surface area contributed by atoms with Gasteiger partial charge >= 0.3 is 0 Å². The van der Waals surface area contributed by atoms with Crippen LogP contribution in [0.1, 0.15) is 17.4 Å². The number of benzene rings is 2. The van der Waals surface area contributed by atoms with Crippen LogP contribution >= 0.6 is 0 Å². The van der Waals surface area contributed by atoms with E-state index in [9.17, 15) is 4.79 Å². The summed E-state index contributed by atoms with van der Waals surface area (Å²) in [4.78, 5) is 15.6. The Hall–Kier alpha value is -3.01. The van der Waals surface area contributed by atoms with Crippen LogP contribution in [0.25, 0.3) is 22.3 Å². The van der Waals surface area contributed by atoms with Crippen molar-refractivity contribution < 1.29 is 9.53 Å². The van der Waals surface area contributed by atoms with Crippen LogP contribution < -0.4 is 10.1 Å². The first-order chi connectivity index (χ1) is 11.8. The maximum absolute atomic E-state index is 12.5. The lowest BCUT2D eigenvalue weighted by Crippen LogP contribution is -2.23. The van der Waals surface area contributed by atoms with Gasteiger partial charge in [0.15, 0.2) is 0 Å². The summed E-state index contributed by atoms with van der Waals surface area (Å²) >= 11 is 0. The molecule has 24 heavy (non-hydrogen) atoms. The third-order valence-electron chi connectivity index (χ3n) is 3.91. The van der Waals surface area contributed by atoms with Crippen LogP contribution in [0.5, 0.6) is 5.75 Å². The third kappa shape index (κ3) is 2.91. The molecule has 0 fully saturated rings. The van der Waals surface area contributed by atoms with E-state index in [1.54, 1.807) is 7.11 Å². The molecule has 0 unspecified atom stereocenters. The van der Waals surface area contributed by atoms with E-state index in [2.05, 4.69) is 10.3 Å². The summed E-state index contributed by atoms with van der Waals surface area (Å²) in [5.74, 6) is 0.611. The quantitative estimate of drug-likeness (QED) is 0.743. The van der Waals surface area contributed by atoms with Gasteiger partial charge in [0.2, 0.25) is 0 Å². The smallest absolute Gasteiger partial charge is 0.268 e. The fourth-order valence-electron chi connectivity index (χ4n) is 2.83. The molecule has 0 bridgehead atoms. The Labute approximate surface area is 141 Å². The second-order valence-corrected chi connectivity index (χ2v) is 5.38. The largest absolute Gasteiger partial charge is 0.496 e. The number of rotatable bonds is 5. The van der Waals surface area contributed by atoms with Crippen molar-refractivity contribution in [3.8, 4) is 28.0 Å². The summed E-state index contributed by atoms with van der Waals surface area (Å²) in [7, 11) is 1.64. The van der Waals surface area contributed by atoms with Crippen LogP contribution in [0.3, 0.4) is 0 Å². The van der Waals surface area contributed by atoms with E-state index < -0.39 is 0 Å². The first-order valence-corrected chi connectivity index (χ1v) is 7.94. The van der Waals surface area contributed by atoms with Crippen LogP contribution in [-0.2, 0) is 0 Å². The molecule has 3 rings (SSSR count). The van der Waals surface area contributed by atoms with Crippen molar-refractivity contribution in [2.24, 2.45) is 0 Å². The Morgan fingerprint density at radius 3 is 2.46 bits per heavy atom. The highest BCUT2D eigenvalue weighted by atomic mass is 16.5. The van der Waals surface area contributed by atoms with Crippen molar-refractivity contribution in [2.75, 3.05) is 13.7 Å². The zero-order valence-electron chi connectivity index (χ0n) is 13.8. The van der Waals surface area contributed by atoms with Crippen LogP contribution in [0.2, 0.25) is 0 Å². The number of ether oxygens (including phenoxy) is 1. The summed E-state index contributed by atoms with van der Waals surface area (Å²) in [6.07, 6.45) is 1.88. The van der Waals surface area contributed by atoms with E-state index in [-0.39, 0.29) is 5.91 Å². The number of carbonyl (C=O) groups is 1. The molecule has 0 aliphatic carbocycles. The van der Waals surface area contributed by atoms with Gasteiger partial charge in [0, 0.05) is 29.4 Å². The standard InChI is InChI=1S/C20H20N2O2/c1-3-21-20(23)19-18(15-11-7-8-12-17(15)24-2)16(13-22-19)14-9-5-4-6-10-14/h4-13,22H,3H2,1-2H3,(H,21,23). The van der Waals surface area contributed by atoms with E-state index >= 15 is 0 Å². The predicted molar refractivity (Wildman–Crippen MR) is 96.2 cm³/mol. The van der Waals surface area contributed by atoms with E-state index in [1.165, 1.54) is 0 Å². The molecule has 122 valence electrons. The number of hydrogen-bond donors (Lipinski definition) is 2. The van der Waals surface area contributed by atoms with E-state index in [0.29, 0.717) is 12.2 Å². The minimum atomic E-state index is -0.124. The zero-order chi connectivity index (χ0) is 16.9. The number of aromatic nitrogens is 1. The van der Waals surface area contributed by atoms with Gasteiger partial charge in [-0.05, 0) is 18.6 Å². The van der Waals surface area contributed by atoms with Crippen LogP contribution in [0.15, 0.2) is 60.8 Å². The molecule has 2 N–H and O–H groups in total. The lowest BCUT2D eigenvalue weighted by molar-refractivity contribution is 0.0952. The number of amides is 1. The minimum Gasteiger partial charge on any atom is -0.496 e. The van der Waals surface area contributed by atoms with E-state index in [4.69, 9.17) is 4.74 Å². The van der Waals surface area contributed by atoms with Gasteiger partial charge < -0.3 is 15.0 Å². The van der Waals surface area contributed by atoms with Gasteiger partial charge in [0.25, 0.3) is 5.91 Å². The van der Waals surface area contributed by atoms with Gasteiger partial charge in [0.05, 0.1) is 7.11 Å². The summed E-state index contributed by atoms with van der Waals surface area (Å²) in [6.45, 7) is 2.48. The number of methoxy groups -OCH3 is 1. The lowest BCUT2D eigenvalue weighted by Gasteiger charge is -2.12. The molecular weight excluding hydrogens is 300 g/mol. The zero-order valence-corrected chi connectivity index (χ0v) is 13.8. The van der Waals surface area contributed by atoms with Crippen LogP contribution in [-0.4, -0.2) is 24.5 Å². The number of H-pyrrole nitrogens is 1. The predicted octanol–water partition coefficient (Wildman–Crippen LogP) is 4.11. The summed E-state index contributed by atoms with van der Waals surface area (Å²) in [5.41, 5.74) is 4.30. The lowest BCUT2D eigenvalue weighted by atomic mass is 9.96. The summed E-state index contributed by atoms with van der Waals surface area (Å²) < 4.78 is 5.51. The van der Waals surface area contributed by atoms with Gasteiger partial charge in [-0.25, -0.2) is 0 Å². The SMILES string of the molecule is CCNC(=O)c1[nH]cc(-c2ccccc2)c1-c1ccccc1OC. The van der Waals surface area contributed by atoms with E-state index in [0.717, 1.165) is 28.0 Å². The topological polar surface area (TPSA) is 54.1 Å². The van der Waals surface area contributed by atoms with Gasteiger partial charge in [-0.1, -0.05) is 48.5 Å². The van der Waals surface area contributed by atoms with Gasteiger partial charge in [-0.2, -0.15) is 0 Å². The molecule has 0 aliphatic rings. The molecule has 1 aromatic heterocycles. The number of nitrogens with one attached hydrogen (secondary N) is 2. The van der Waals surface area contributed by atoms with Crippen molar-refractivity contribution in [3.05, 3.63) is 66.5 Å². The Bertz CT molecular complexity index is 838. The Morgan fingerprint density at radius 1 is 1.04 bits per heavy atom. The number of hydrogen-bond acceptors (Lipinski definition) is 2. The van der Waals surface area contributed by atoms with Crippen molar-refractivity contribution in [1.82, 2.24) is 10.3 Å². The highest BCUT2D eigenvalue weighted by molar-refractivity contribution is 6.04. The van der Waals surface area contributed by atoms with Crippen molar-refractivity contribution in [2.45, 2.75) is 6.92 Å². The molecule has 0 aliphatic heterocycles. The maximum atomic E-state index is 12.5. The minimum absolute atomic E-state index is 0.124. The fourth-order valence-corrected chi connectivity index (χ4v) is 2.83. The molecule has 0 spiro atoms. The van der Waals surface area contributed by atoms with Crippen LogP contribution in [0, 0.1) is 0 Å². The monoisotopic (exact) mass is 320 g/mol. The normalized spacial score (nSPS) is 10.4. The van der Waals surface area contributed by atoms with Gasteiger partial charge in [0.1, 0.15) is 11.4 Å². The average molecular weight is 320 g/mol. The summed E-state index contributed by atoms with van der Waals surface area (Å²) in [5, 5.41) is 2.86. The number of carbonyl (C=O) groups excluding carboxylic acids is 1. The molecule has 0 saturated carbocycles. The second-order valence-electron chi connectivity index (χ2n) is 5.38. The first-order valence-electron chi connectivity index (χ1n) is 7.94. The Kier molecular flexibility index (Phi) is 4.66. The second kappa shape index (κ2) is 7.04. The molecule has 3 aromatic rings. The van der Waals surface area contributed by atoms with E-state index in [1.807, 2.05) is 67.7 Å². The fraction of sp³-hybridized carbons (Fsp3) is 0.150. The highest BCUT2D eigenvalue weighted by Crippen LogP contribution is 2.39. The van der Waals surface area contributed by atoms with Crippen molar-refractivity contribution in [3.63, 3.8) is 0 Å². The Balaban J connectivity index is 2.24. The molecule has 4 nitrogen and oxygen atoms in total. The molecule has 0 saturated heterocycles. The summed E-state index contributed by atoms with van der Waals surface area (Å²) in [6, 6.07) is 17.7. The maximum Gasteiger partial charge on any atom is 0.268 e. The third-order valence-corrected chi connectivity index (χ3v) is 3.91. The molecule has 2 aromatic carbocycles. The molecule has 1 amide bonds. The van der Waals surface area contributed by atoms with Gasteiger partial charge in [-0.15, -0.1) is 0 Å². The number of para-hydroxylation sites is 1. The van der Waals surface area contributed by atoms with Gasteiger partial charge in [-0.3, -0.25) is 4.79 Å². The average Bonchev–Trinajstić information content (AvgIpc) is 3.07. The number of aromatic amines is 1. The van der Waals surface area contributed by atoms with Crippen molar-refractivity contribution >= 4 is 5.91 Å². The molecule has 0 radical (unpaired) electrons. The molecule has 4 heteroatoms. The molecule has 0 atom stereocenters. The van der Waals surface area contributed by atoms with Crippen molar-refractivity contribution in [1.29, 1.82) is 0 Å². The highest BCUT2D eigenvalue weighted by Gasteiger charge is 2.21. The molecular formula is C20H20N2O2.